The summed E-state index contributed by atoms with van der Waals surface area (Å²) >= 11 is 1.13. The smallest absolute Gasteiger partial charge is 0.253 e. The summed E-state index contributed by atoms with van der Waals surface area (Å²) in [5.74, 6) is 0. The van der Waals surface area contributed by atoms with Crippen LogP contribution in [-0.2, 0) is 21.3 Å². The molecule has 0 saturated carbocycles. The molecule has 1 aromatic carbocycles. The topological polar surface area (TPSA) is 72.6 Å². The van der Waals surface area contributed by atoms with Crippen LogP contribution < -0.4 is 5.73 Å². The molecule has 2 rings (SSSR count). The fraction of sp³-hybridized carbons (Fsp3) is 0.286. The van der Waals surface area contributed by atoms with Crippen molar-refractivity contribution in [2.45, 2.75) is 10.8 Å². The number of rotatable bonds is 7. The second-order valence-electron chi connectivity index (χ2n) is 4.52. The van der Waals surface area contributed by atoms with E-state index in [0.29, 0.717) is 25.4 Å². The van der Waals surface area contributed by atoms with Gasteiger partial charge in [0.05, 0.1) is 6.61 Å². The molecule has 0 amide bonds. The van der Waals surface area contributed by atoms with Gasteiger partial charge in [0.15, 0.2) is 0 Å². The largest absolute Gasteiger partial charge is 0.398 e. The van der Waals surface area contributed by atoms with Crippen molar-refractivity contribution in [3.8, 4) is 0 Å². The lowest BCUT2D eigenvalue weighted by molar-refractivity contribution is 0.177. The van der Waals surface area contributed by atoms with Crippen molar-refractivity contribution in [2.24, 2.45) is 0 Å². The molecule has 0 atom stereocenters. The average molecular weight is 326 g/mol. The van der Waals surface area contributed by atoms with Crippen molar-refractivity contribution in [3.05, 3.63) is 47.3 Å². The van der Waals surface area contributed by atoms with Gasteiger partial charge in [-0.25, -0.2) is 8.42 Å². The molecular weight excluding hydrogens is 308 g/mol. The highest BCUT2D eigenvalue weighted by Crippen LogP contribution is 2.26. The Morgan fingerprint density at radius 2 is 2.00 bits per heavy atom. The highest BCUT2D eigenvalue weighted by Gasteiger charge is 2.25. The van der Waals surface area contributed by atoms with Crippen LogP contribution in [-0.4, -0.2) is 33.0 Å². The maximum Gasteiger partial charge on any atom is 0.253 e. The molecule has 5 nitrogen and oxygen atoms in total. The number of ether oxygens (including phenoxy) is 1. The molecule has 0 aliphatic rings. The van der Waals surface area contributed by atoms with Crippen LogP contribution in [0.2, 0.25) is 0 Å². The number of benzene rings is 1. The monoisotopic (exact) mass is 326 g/mol. The van der Waals surface area contributed by atoms with Crippen molar-refractivity contribution in [1.82, 2.24) is 4.31 Å². The molecule has 0 spiro atoms. The van der Waals surface area contributed by atoms with Gasteiger partial charge in [-0.05, 0) is 11.6 Å². The van der Waals surface area contributed by atoms with Crippen LogP contribution in [0.1, 0.15) is 5.56 Å². The first-order valence-corrected chi connectivity index (χ1v) is 8.73. The summed E-state index contributed by atoms with van der Waals surface area (Å²) in [5.41, 5.74) is 7.03. The lowest BCUT2D eigenvalue weighted by atomic mass is 10.2. The lowest BCUT2D eigenvalue weighted by Crippen LogP contribution is -2.33. The Balaban J connectivity index is 2.26. The summed E-state index contributed by atoms with van der Waals surface area (Å²) in [5, 5.41) is 1.63. The zero-order valence-electron chi connectivity index (χ0n) is 11.7. The molecule has 0 aliphatic heterocycles. The molecule has 0 unspecified atom stereocenters. The van der Waals surface area contributed by atoms with Gasteiger partial charge in [-0.2, -0.15) is 4.31 Å². The summed E-state index contributed by atoms with van der Waals surface area (Å²) < 4.78 is 32.1. The molecule has 0 saturated heterocycles. The lowest BCUT2D eigenvalue weighted by Gasteiger charge is -2.21. The Labute approximate surface area is 129 Å². The minimum absolute atomic E-state index is 0.257. The van der Waals surface area contributed by atoms with Gasteiger partial charge in [-0.15, -0.1) is 11.3 Å². The Kier molecular flexibility index (Phi) is 5.35. The summed E-state index contributed by atoms with van der Waals surface area (Å²) in [6.45, 7) is 0.947. The number of sulfonamides is 1. The van der Waals surface area contributed by atoms with Crippen molar-refractivity contribution < 1.29 is 13.2 Å². The number of hydrogen-bond donors (Lipinski definition) is 1. The predicted octanol–water partition coefficient (Wildman–Crippen LogP) is 2.17. The quantitative estimate of drug-likeness (QED) is 0.846. The fourth-order valence-corrected chi connectivity index (χ4v) is 4.50. The average Bonchev–Trinajstić information content (AvgIpc) is 2.92. The molecular formula is C14H18N2O3S2. The van der Waals surface area contributed by atoms with E-state index in [-0.39, 0.29) is 4.21 Å². The molecule has 114 valence electrons. The first-order valence-electron chi connectivity index (χ1n) is 6.41. The second-order valence-corrected chi connectivity index (χ2v) is 7.59. The highest BCUT2D eigenvalue weighted by molar-refractivity contribution is 7.91. The summed E-state index contributed by atoms with van der Waals surface area (Å²) in [4.78, 5) is 0. The number of nitrogen functional groups attached to an aromatic ring is 1. The molecule has 1 aromatic heterocycles. The van der Waals surface area contributed by atoms with Gasteiger partial charge >= 0.3 is 0 Å². The van der Waals surface area contributed by atoms with Crippen LogP contribution >= 0.6 is 11.3 Å². The molecule has 2 aromatic rings. The van der Waals surface area contributed by atoms with Gasteiger partial charge < -0.3 is 10.5 Å². The molecule has 0 bridgehead atoms. The SMILES string of the molecule is COCCN(Cc1ccccc1)S(=O)(=O)c1cc(N)cs1. The van der Waals surface area contributed by atoms with Gasteiger partial charge in [0.2, 0.25) is 0 Å². The van der Waals surface area contributed by atoms with E-state index in [1.54, 1.807) is 12.5 Å². The van der Waals surface area contributed by atoms with E-state index in [1.165, 1.54) is 10.4 Å². The fourth-order valence-electron chi connectivity index (χ4n) is 1.86. The van der Waals surface area contributed by atoms with E-state index < -0.39 is 10.0 Å². The maximum atomic E-state index is 12.7. The molecule has 0 radical (unpaired) electrons. The van der Waals surface area contributed by atoms with E-state index >= 15 is 0 Å². The van der Waals surface area contributed by atoms with E-state index in [4.69, 9.17) is 10.5 Å². The Morgan fingerprint density at radius 1 is 1.29 bits per heavy atom. The number of thiophene rings is 1. The normalized spacial score (nSPS) is 11.9. The molecule has 0 aliphatic carbocycles. The maximum absolute atomic E-state index is 12.7. The van der Waals surface area contributed by atoms with Crippen LogP contribution in [0.5, 0.6) is 0 Å². The van der Waals surface area contributed by atoms with Crippen LogP contribution in [0.15, 0.2) is 46.0 Å². The van der Waals surface area contributed by atoms with Gasteiger partial charge in [-0.1, -0.05) is 30.3 Å². The second kappa shape index (κ2) is 7.04. The van der Waals surface area contributed by atoms with Crippen molar-refractivity contribution in [1.29, 1.82) is 0 Å². The van der Waals surface area contributed by atoms with Crippen LogP contribution in [0.25, 0.3) is 0 Å². The van der Waals surface area contributed by atoms with Gasteiger partial charge in [0, 0.05) is 31.3 Å². The Morgan fingerprint density at radius 3 is 2.57 bits per heavy atom. The third-order valence-corrected chi connectivity index (χ3v) is 6.21. The van der Waals surface area contributed by atoms with E-state index in [2.05, 4.69) is 0 Å². The molecule has 2 N–H and O–H groups in total. The molecule has 1 heterocycles. The van der Waals surface area contributed by atoms with E-state index in [1.807, 2.05) is 30.3 Å². The number of methoxy groups -OCH3 is 1. The number of hydrogen-bond acceptors (Lipinski definition) is 5. The minimum Gasteiger partial charge on any atom is -0.398 e. The van der Waals surface area contributed by atoms with Crippen molar-refractivity contribution in [3.63, 3.8) is 0 Å². The molecule has 0 fully saturated rings. The first-order chi connectivity index (χ1) is 10.0. The number of nitrogens with two attached hydrogens (primary N) is 1. The third kappa shape index (κ3) is 4.04. The van der Waals surface area contributed by atoms with Crippen molar-refractivity contribution >= 4 is 27.0 Å². The predicted molar refractivity (Wildman–Crippen MR) is 84.6 cm³/mol. The van der Waals surface area contributed by atoms with Gasteiger partial charge in [-0.3, -0.25) is 0 Å². The van der Waals surface area contributed by atoms with Crippen LogP contribution in [0.4, 0.5) is 5.69 Å². The minimum atomic E-state index is -3.56. The van der Waals surface area contributed by atoms with E-state index in [0.717, 1.165) is 16.9 Å². The van der Waals surface area contributed by atoms with E-state index in [9.17, 15) is 8.42 Å². The summed E-state index contributed by atoms with van der Waals surface area (Å²) in [6.07, 6.45) is 0. The zero-order valence-corrected chi connectivity index (χ0v) is 13.4. The van der Waals surface area contributed by atoms with Gasteiger partial charge in [0.1, 0.15) is 4.21 Å². The summed E-state index contributed by atoms with van der Waals surface area (Å²) in [7, 11) is -2.01. The summed E-state index contributed by atoms with van der Waals surface area (Å²) in [6, 6.07) is 11.0. The van der Waals surface area contributed by atoms with Gasteiger partial charge in [0.25, 0.3) is 10.0 Å². The third-order valence-electron chi connectivity index (χ3n) is 2.94. The van der Waals surface area contributed by atoms with Crippen molar-refractivity contribution in [2.75, 3.05) is 26.0 Å². The first kappa shape index (κ1) is 16.0. The molecule has 21 heavy (non-hydrogen) atoms. The zero-order chi connectivity index (χ0) is 15.3. The highest BCUT2D eigenvalue weighted by atomic mass is 32.2. The standard InChI is InChI=1S/C14H18N2O3S2/c1-19-8-7-16(10-12-5-3-2-4-6-12)21(17,18)14-9-13(15)11-20-14/h2-6,9,11H,7-8,10,15H2,1H3. The van der Waals surface area contributed by atoms with Crippen LogP contribution in [0.3, 0.4) is 0 Å². The van der Waals surface area contributed by atoms with Crippen LogP contribution in [0, 0.1) is 0 Å². The number of anilines is 1. The Bertz CT molecular complexity index is 669. The Hall–Kier alpha value is -1.41. The molecule has 7 heteroatoms. The number of nitrogens with zero attached hydrogens (tertiary/aromatic N) is 1.